The maximum atomic E-state index is 12.5. The Bertz CT molecular complexity index is 1280. The fraction of sp³-hybridized carbons (Fsp3) is 0.0417. The highest BCUT2D eigenvalue weighted by Gasteiger charge is 2.09. The van der Waals surface area contributed by atoms with Gasteiger partial charge in [-0.3, -0.25) is 10.1 Å². The van der Waals surface area contributed by atoms with Gasteiger partial charge in [-0.2, -0.15) is 0 Å². The van der Waals surface area contributed by atoms with E-state index in [0.29, 0.717) is 29.2 Å². The van der Waals surface area contributed by atoms with E-state index in [1.54, 1.807) is 48.5 Å². The molecule has 31 heavy (non-hydrogen) atoms. The molecular weight excluding hydrogens is 412 g/mol. The van der Waals surface area contributed by atoms with Crippen molar-refractivity contribution in [3.63, 3.8) is 0 Å². The van der Waals surface area contributed by atoms with Crippen molar-refractivity contribution in [1.82, 2.24) is 5.32 Å². The maximum absolute atomic E-state index is 12.5. The molecule has 7 heteroatoms. The van der Waals surface area contributed by atoms with Crippen molar-refractivity contribution in [3.05, 3.63) is 106 Å². The van der Waals surface area contributed by atoms with Crippen LogP contribution in [0.25, 0.3) is 11.0 Å². The molecule has 4 aromatic rings. The summed E-state index contributed by atoms with van der Waals surface area (Å²) in [7, 11) is 0. The Kier molecular flexibility index (Phi) is 6.05. The van der Waals surface area contributed by atoms with E-state index >= 15 is 0 Å². The van der Waals surface area contributed by atoms with Gasteiger partial charge >= 0.3 is 5.63 Å². The molecule has 6 nitrogen and oxygen atoms in total. The molecule has 1 amide bonds. The van der Waals surface area contributed by atoms with E-state index in [4.69, 9.17) is 21.4 Å². The van der Waals surface area contributed by atoms with Crippen LogP contribution in [0.3, 0.4) is 0 Å². The summed E-state index contributed by atoms with van der Waals surface area (Å²) in [6.07, 6.45) is 0. The van der Waals surface area contributed by atoms with Crippen molar-refractivity contribution in [3.8, 4) is 5.75 Å². The van der Waals surface area contributed by atoms with E-state index in [-0.39, 0.29) is 11.0 Å². The van der Waals surface area contributed by atoms with Crippen LogP contribution in [0.15, 0.2) is 94.1 Å². The third kappa shape index (κ3) is 5.34. The molecule has 0 spiro atoms. The first-order chi connectivity index (χ1) is 15.1. The number of fused-ring (bicyclic) bond motifs is 1. The standard InChI is InChI=1S/C24H18N2O4S/c27-22-13-8-18-14-19(9-12-21(18)30-22)25-24(31)26-23(28)17-6-10-20(11-7-17)29-15-16-4-2-1-3-5-16/h1-14H,15H2,(H2,25,26,28,31). The summed E-state index contributed by atoms with van der Waals surface area (Å²) in [6, 6.07) is 24.8. The second-order valence-electron chi connectivity index (χ2n) is 6.71. The maximum Gasteiger partial charge on any atom is 0.336 e. The lowest BCUT2D eigenvalue weighted by molar-refractivity contribution is 0.0977. The summed E-state index contributed by atoms with van der Waals surface area (Å²) in [5.74, 6) is 0.336. The molecule has 154 valence electrons. The zero-order valence-electron chi connectivity index (χ0n) is 16.3. The van der Waals surface area contributed by atoms with Gasteiger partial charge in [-0.15, -0.1) is 0 Å². The van der Waals surface area contributed by atoms with Crippen LogP contribution in [0.1, 0.15) is 15.9 Å². The summed E-state index contributed by atoms with van der Waals surface area (Å²) in [5, 5.41) is 6.50. The van der Waals surface area contributed by atoms with Crippen molar-refractivity contribution in [2.75, 3.05) is 5.32 Å². The van der Waals surface area contributed by atoms with Gasteiger partial charge < -0.3 is 14.5 Å². The minimum Gasteiger partial charge on any atom is -0.489 e. The number of anilines is 1. The number of hydrogen-bond donors (Lipinski definition) is 2. The molecule has 0 atom stereocenters. The van der Waals surface area contributed by atoms with E-state index in [2.05, 4.69) is 10.6 Å². The van der Waals surface area contributed by atoms with Gasteiger partial charge in [0.25, 0.3) is 5.91 Å². The third-order valence-corrected chi connectivity index (χ3v) is 4.67. The molecule has 2 N–H and O–H groups in total. The molecule has 0 aliphatic heterocycles. The minimum absolute atomic E-state index is 0.158. The average Bonchev–Trinajstić information content (AvgIpc) is 2.78. The Hall–Kier alpha value is -3.97. The van der Waals surface area contributed by atoms with E-state index in [1.165, 1.54) is 6.07 Å². The van der Waals surface area contributed by atoms with Crippen molar-refractivity contribution in [2.24, 2.45) is 0 Å². The predicted molar refractivity (Wildman–Crippen MR) is 123 cm³/mol. The lowest BCUT2D eigenvalue weighted by atomic mass is 10.2. The Labute approximate surface area is 183 Å². The fourth-order valence-corrected chi connectivity index (χ4v) is 3.14. The number of carbonyl (C=O) groups excluding carboxylic acids is 1. The van der Waals surface area contributed by atoms with Crippen LogP contribution in [0.2, 0.25) is 0 Å². The van der Waals surface area contributed by atoms with Crippen LogP contribution in [-0.4, -0.2) is 11.0 Å². The zero-order chi connectivity index (χ0) is 21.6. The van der Waals surface area contributed by atoms with Crippen LogP contribution in [0, 0.1) is 0 Å². The van der Waals surface area contributed by atoms with Crippen LogP contribution in [-0.2, 0) is 6.61 Å². The zero-order valence-corrected chi connectivity index (χ0v) is 17.1. The molecule has 0 unspecified atom stereocenters. The number of carbonyl (C=O) groups is 1. The summed E-state index contributed by atoms with van der Waals surface area (Å²) in [4.78, 5) is 23.7. The van der Waals surface area contributed by atoms with E-state index in [9.17, 15) is 9.59 Å². The Morgan fingerprint density at radius 3 is 2.48 bits per heavy atom. The highest BCUT2D eigenvalue weighted by Crippen LogP contribution is 2.18. The summed E-state index contributed by atoms with van der Waals surface area (Å²) in [6.45, 7) is 0.454. The monoisotopic (exact) mass is 430 g/mol. The first-order valence-electron chi connectivity index (χ1n) is 9.50. The molecule has 0 bridgehead atoms. The van der Waals surface area contributed by atoms with Gasteiger partial charge in [-0.25, -0.2) is 4.79 Å². The predicted octanol–water partition coefficient (Wildman–Crippen LogP) is 4.50. The van der Waals surface area contributed by atoms with Gasteiger partial charge in [-0.1, -0.05) is 30.3 Å². The van der Waals surface area contributed by atoms with Crippen molar-refractivity contribution >= 4 is 39.9 Å². The van der Waals surface area contributed by atoms with E-state index in [1.807, 2.05) is 30.3 Å². The fourth-order valence-electron chi connectivity index (χ4n) is 2.93. The number of ether oxygens (including phenoxy) is 1. The van der Waals surface area contributed by atoms with Crippen molar-refractivity contribution in [2.45, 2.75) is 6.61 Å². The quantitative estimate of drug-likeness (QED) is 0.359. The van der Waals surface area contributed by atoms with E-state index in [0.717, 1.165) is 10.9 Å². The number of hydrogen-bond acceptors (Lipinski definition) is 5. The summed E-state index contributed by atoms with van der Waals surface area (Å²) in [5.41, 5.74) is 2.25. The molecular formula is C24H18N2O4S. The molecule has 0 fully saturated rings. The summed E-state index contributed by atoms with van der Waals surface area (Å²) < 4.78 is 10.8. The van der Waals surface area contributed by atoms with Gasteiger partial charge in [0.15, 0.2) is 5.11 Å². The molecule has 1 heterocycles. The molecule has 0 aliphatic rings. The molecule has 0 saturated heterocycles. The third-order valence-electron chi connectivity index (χ3n) is 4.47. The SMILES string of the molecule is O=C(NC(=S)Nc1ccc2oc(=O)ccc2c1)c1ccc(OCc2ccccc2)cc1. The first-order valence-corrected chi connectivity index (χ1v) is 9.91. The van der Waals surface area contributed by atoms with Gasteiger partial charge in [-0.05, 0) is 66.3 Å². The molecule has 0 aliphatic carbocycles. The Morgan fingerprint density at radius 2 is 1.71 bits per heavy atom. The van der Waals surface area contributed by atoms with Gasteiger partial charge in [0.1, 0.15) is 17.9 Å². The second kappa shape index (κ2) is 9.23. The van der Waals surface area contributed by atoms with Crippen LogP contribution in [0.5, 0.6) is 5.75 Å². The Balaban J connectivity index is 1.33. The molecule has 0 saturated carbocycles. The van der Waals surface area contributed by atoms with Crippen LogP contribution in [0.4, 0.5) is 5.69 Å². The van der Waals surface area contributed by atoms with Crippen molar-refractivity contribution in [1.29, 1.82) is 0 Å². The van der Waals surface area contributed by atoms with E-state index < -0.39 is 5.63 Å². The highest BCUT2D eigenvalue weighted by atomic mass is 32.1. The first kappa shape index (κ1) is 20.3. The smallest absolute Gasteiger partial charge is 0.336 e. The molecule has 0 radical (unpaired) electrons. The Morgan fingerprint density at radius 1 is 0.935 bits per heavy atom. The number of amides is 1. The number of benzene rings is 3. The van der Waals surface area contributed by atoms with Gasteiger partial charge in [0.05, 0.1) is 0 Å². The number of rotatable bonds is 5. The largest absolute Gasteiger partial charge is 0.489 e. The number of nitrogens with one attached hydrogen (secondary N) is 2. The average molecular weight is 430 g/mol. The van der Waals surface area contributed by atoms with Crippen LogP contribution < -0.4 is 21.0 Å². The van der Waals surface area contributed by atoms with Crippen LogP contribution >= 0.6 is 12.2 Å². The molecule has 4 rings (SSSR count). The normalized spacial score (nSPS) is 10.5. The lowest BCUT2D eigenvalue weighted by Crippen LogP contribution is -2.34. The molecule has 3 aromatic carbocycles. The highest BCUT2D eigenvalue weighted by molar-refractivity contribution is 7.80. The second-order valence-corrected chi connectivity index (χ2v) is 7.12. The van der Waals surface area contributed by atoms with Gasteiger partial charge in [0, 0.05) is 22.7 Å². The topological polar surface area (TPSA) is 80.6 Å². The van der Waals surface area contributed by atoms with Crippen molar-refractivity contribution < 1.29 is 13.9 Å². The molecule has 1 aromatic heterocycles. The number of thiocarbonyl (C=S) groups is 1. The summed E-state index contributed by atoms with van der Waals surface area (Å²) >= 11 is 5.24. The van der Waals surface area contributed by atoms with Gasteiger partial charge in [0.2, 0.25) is 0 Å². The lowest BCUT2D eigenvalue weighted by Gasteiger charge is -2.11. The minimum atomic E-state index is -0.410.